The SMILES string of the molecule is O=C(Cc1ccc(O)cc1)NNC(=O)c1ccc[nH]1. The van der Waals surface area contributed by atoms with Gasteiger partial charge in [-0.15, -0.1) is 0 Å². The number of aromatic hydroxyl groups is 1. The van der Waals surface area contributed by atoms with Gasteiger partial charge in [-0.1, -0.05) is 12.1 Å². The Morgan fingerprint density at radius 2 is 1.84 bits per heavy atom. The fourth-order valence-corrected chi connectivity index (χ4v) is 1.51. The highest BCUT2D eigenvalue weighted by Gasteiger charge is 2.08. The third-order valence-corrected chi connectivity index (χ3v) is 2.46. The molecule has 4 N–H and O–H groups in total. The molecule has 0 atom stereocenters. The number of amides is 2. The van der Waals surface area contributed by atoms with E-state index in [1.165, 1.54) is 12.1 Å². The molecule has 0 radical (unpaired) electrons. The molecule has 0 spiro atoms. The molecule has 1 heterocycles. The summed E-state index contributed by atoms with van der Waals surface area (Å²) >= 11 is 0. The maximum Gasteiger partial charge on any atom is 0.286 e. The Morgan fingerprint density at radius 1 is 1.11 bits per heavy atom. The third-order valence-electron chi connectivity index (χ3n) is 2.46. The van der Waals surface area contributed by atoms with E-state index < -0.39 is 5.91 Å². The highest BCUT2D eigenvalue weighted by Crippen LogP contribution is 2.09. The van der Waals surface area contributed by atoms with Crippen molar-refractivity contribution in [3.05, 3.63) is 53.9 Å². The molecule has 0 saturated carbocycles. The Kier molecular flexibility index (Phi) is 3.82. The second-order valence-electron chi connectivity index (χ2n) is 3.93. The number of hydrazine groups is 1. The smallest absolute Gasteiger partial charge is 0.286 e. The van der Waals surface area contributed by atoms with E-state index in [1.54, 1.807) is 30.5 Å². The lowest BCUT2D eigenvalue weighted by Crippen LogP contribution is -2.42. The molecule has 2 aromatic rings. The van der Waals surface area contributed by atoms with Crippen molar-refractivity contribution in [3.8, 4) is 5.75 Å². The number of carbonyl (C=O) groups excluding carboxylic acids is 2. The molecule has 0 aliphatic rings. The first-order valence-electron chi connectivity index (χ1n) is 5.65. The van der Waals surface area contributed by atoms with Crippen molar-refractivity contribution in [1.29, 1.82) is 0 Å². The second-order valence-corrected chi connectivity index (χ2v) is 3.93. The van der Waals surface area contributed by atoms with Gasteiger partial charge in [0.2, 0.25) is 5.91 Å². The van der Waals surface area contributed by atoms with Gasteiger partial charge in [0.05, 0.1) is 6.42 Å². The van der Waals surface area contributed by atoms with Crippen LogP contribution in [0, 0.1) is 0 Å². The van der Waals surface area contributed by atoms with Gasteiger partial charge in [0.25, 0.3) is 5.91 Å². The number of carbonyl (C=O) groups is 2. The maximum atomic E-state index is 11.6. The van der Waals surface area contributed by atoms with Crippen molar-refractivity contribution in [2.45, 2.75) is 6.42 Å². The number of benzene rings is 1. The molecular weight excluding hydrogens is 246 g/mol. The maximum absolute atomic E-state index is 11.6. The van der Waals surface area contributed by atoms with Crippen LogP contribution in [0.25, 0.3) is 0 Å². The molecule has 0 bridgehead atoms. The highest BCUT2D eigenvalue weighted by molar-refractivity contribution is 5.93. The van der Waals surface area contributed by atoms with Gasteiger partial charge < -0.3 is 10.1 Å². The van der Waals surface area contributed by atoms with Crippen LogP contribution in [-0.2, 0) is 11.2 Å². The minimum atomic E-state index is -0.413. The number of H-pyrrole nitrogens is 1. The van der Waals surface area contributed by atoms with E-state index in [9.17, 15) is 9.59 Å². The van der Waals surface area contributed by atoms with Crippen molar-refractivity contribution in [3.63, 3.8) is 0 Å². The summed E-state index contributed by atoms with van der Waals surface area (Å²) < 4.78 is 0. The van der Waals surface area contributed by atoms with Gasteiger partial charge in [-0.3, -0.25) is 20.4 Å². The Bertz CT molecular complexity index is 561. The van der Waals surface area contributed by atoms with Crippen molar-refractivity contribution in [2.24, 2.45) is 0 Å². The number of hydrogen-bond acceptors (Lipinski definition) is 3. The first-order valence-corrected chi connectivity index (χ1v) is 5.65. The van der Waals surface area contributed by atoms with Gasteiger partial charge in [-0.25, -0.2) is 0 Å². The van der Waals surface area contributed by atoms with E-state index in [2.05, 4.69) is 15.8 Å². The zero-order chi connectivity index (χ0) is 13.7. The van der Waals surface area contributed by atoms with Crippen LogP contribution in [0.1, 0.15) is 16.1 Å². The molecule has 0 saturated heterocycles. The van der Waals surface area contributed by atoms with Crippen LogP contribution in [0.5, 0.6) is 5.75 Å². The average Bonchev–Trinajstić information content (AvgIpc) is 2.93. The van der Waals surface area contributed by atoms with E-state index in [4.69, 9.17) is 5.11 Å². The van der Waals surface area contributed by atoms with Crippen LogP contribution < -0.4 is 10.9 Å². The van der Waals surface area contributed by atoms with E-state index >= 15 is 0 Å². The van der Waals surface area contributed by atoms with Crippen LogP contribution in [0.4, 0.5) is 0 Å². The molecule has 1 aromatic heterocycles. The topological polar surface area (TPSA) is 94.2 Å². The first-order chi connectivity index (χ1) is 9.15. The standard InChI is InChI=1S/C13H13N3O3/c17-10-5-3-9(4-6-10)8-12(18)15-16-13(19)11-2-1-7-14-11/h1-7,14,17H,8H2,(H,15,18)(H,16,19). The van der Waals surface area contributed by atoms with Gasteiger partial charge in [0.1, 0.15) is 11.4 Å². The highest BCUT2D eigenvalue weighted by atomic mass is 16.3. The molecule has 0 unspecified atom stereocenters. The van der Waals surface area contributed by atoms with E-state index in [0.717, 1.165) is 5.56 Å². The number of aromatic nitrogens is 1. The monoisotopic (exact) mass is 259 g/mol. The number of nitrogens with one attached hydrogen (secondary N) is 3. The summed E-state index contributed by atoms with van der Waals surface area (Å²) in [6, 6.07) is 9.57. The van der Waals surface area contributed by atoms with Crippen molar-refractivity contribution in [2.75, 3.05) is 0 Å². The van der Waals surface area contributed by atoms with Gasteiger partial charge in [-0.05, 0) is 29.8 Å². The lowest BCUT2D eigenvalue weighted by Gasteiger charge is -2.06. The zero-order valence-corrected chi connectivity index (χ0v) is 10.0. The number of phenolic OH excluding ortho intramolecular Hbond substituents is 1. The van der Waals surface area contributed by atoms with Crippen LogP contribution in [0.15, 0.2) is 42.6 Å². The molecule has 0 fully saturated rings. The fourth-order valence-electron chi connectivity index (χ4n) is 1.51. The van der Waals surface area contributed by atoms with Crippen molar-refractivity contribution < 1.29 is 14.7 Å². The molecule has 1 aromatic carbocycles. The van der Waals surface area contributed by atoms with E-state index in [-0.39, 0.29) is 18.1 Å². The van der Waals surface area contributed by atoms with Crippen LogP contribution in [0.2, 0.25) is 0 Å². The summed E-state index contributed by atoms with van der Waals surface area (Å²) in [7, 11) is 0. The largest absolute Gasteiger partial charge is 0.508 e. The number of hydrogen-bond donors (Lipinski definition) is 4. The predicted octanol–water partition coefficient (Wildman–Crippen LogP) is 0.724. The van der Waals surface area contributed by atoms with Crippen LogP contribution >= 0.6 is 0 Å². The molecule has 0 aliphatic carbocycles. The lowest BCUT2D eigenvalue weighted by molar-refractivity contribution is -0.121. The Hall–Kier alpha value is -2.76. The van der Waals surface area contributed by atoms with Gasteiger partial charge in [0, 0.05) is 6.20 Å². The summed E-state index contributed by atoms with van der Waals surface area (Å²) in [5.41, 5.74) is 5.72. The molecule has 19 heavy (non-hydrogen) atoms. The average molecular weight is 259 g/mol. The normalized spacial score (nSPS) is 9.89. The summed E-state index contributed by atoms with van der Waals surface area (Å²) in [6.07, 6.45) is 1.73. The van der Waals surface area contributed by atoms with Gasteiger partial charge in [-0.2, -0.15) is 0 Å². The Labute approximate surface area is 109 Å². The molecule has 2 amide bonds. The van der Waals surface area contributed by atoms with Crippen LogP contribution in [0.3, 0.4) is 0 Å². The lowest BCUT2D eigenvalue weighted by atomic mass is 10.1. The summed E-state index contributed by atoms with van der Waals surface area (Å²) in [4.78, 5) is 25.8. The minimum Gasteiger partial charge on any atom is -0.508 e. The van der Waals surface area contributed by atoms with Crippen molar-refractivity contribution >= 4 is 11.8 Å². The molecule has 6 heteroatoms. The van der Waals surface area contributed by atoms with Crippen molar-refractivity contribution in [1.82, 2.24) is 15.8 Å². The van der Waals surface area contributed by atoms with E-state index in [0.29, 0.717) is 5.69 Å². The summed E-state index contributed by atoms with van der Waals surface area (Å²) in [5.74, 6) is -0.612. The zero-order valence-electron chi connectivity index (χ0n) is 10.0. The number of phenols is 1. The molecule has 2 rings (SSSR count). The Balaban J connectivity index is 1.82. The third kappa shape index (κ3) is 3.60. The Morgan fingerprint density at radius 3 is 2.47 bits per heavy atom. The van der Waals surface area contributed by atoms with Crippen LogP contribution in [-0.4, -0.2) is 21.9 Å². The molecule has 0 aliphatic heterocycles. The first kappa shape index (κ1) is 12.7. The van der Waals surface area contributed by atoms with Gasteiger partial charge >= 0.3 is 0 Å². The second kappa shape index (κ2) is 5.72. The predicted molar refractivity (Wildman–Crippen MR) is 68.2 cm³/mol. The number of aromatic amines is 1. The number of rotatable bonds is 3. The quantitative estimate of drug-likeness (QED) is 0.612. The summed E-state index contributed by atoms with van der Waals surface area (Å²) in [6.45, 7) is 0. The minimum absolute atomic E-state index is 0.116. The fraction of sp³-hybridized carbons (Fsp3) is 0.0769. The molecule has 6 nitrogen and oxygen atoms in total. The van der Waals surface area contributed by atoms with Gasteiger partial charge in [0.15, 0.2) is 0 Å². The molecule has 98 valence electrons. The van der Waals surface area contributed by atoms with E-state index in [1.807, 2.05) is 0 Å². The summed E-state index contributed by atoms with van der Waals surface area (Å²) in [5, 5.41) is 9.11. The molecular formula is C13H13N3O3.